The number of hydrogen-bond donors (Lipinski definition) is 0. The second kappa shape index (κ2) is 13.0. The lowest BCUT2D eigenvalue weighted by atomic mass is 9.99. The van der Waals surface area contributed by atoms with E-state index in [0.717, 1.165) is 44.6 Å². The van der Waals surface area contributed by atoms with Gasteiger partial charge in [-0.15, -0.1) is 0 Å². The monoisotopic (exact) mass is 718 g/mol. The summed E-state index contributed by atoms with van der Waals surface area (Å²) in [6.07, 6.45) is 4.00. The highest BCUT2D eigenvalue weighted by Gasteiger charge is 2.23. The van der Waals surface area contributed by atoms with Crippen LogP contribution in [0.25, 0.3) is 88.4 Å². The molecule has 3 heterocycles. The smallest absolute Gasteiger partial charge is 0.0991 e. The van der Waals surface area contributed by atoms with Crippen LogP contribution < -0.4 is 0 Å². The number of nitrogens with zero attached hydrogens (tertiary/aromatic N) is 4. The number of rotatable bonds is 5. The van der Waals surface area contributed by atoms with E-state index in [9.17, 15) is 5.26 Å². The first-order valence-electron chi connectivity index (χ1n) is 19.1. The largest absolute Gasteiger partial charge is 0.307 e. The molecule has 56 heavy (non-hydrogen) atoms. The highest BCUT2D eigenvalue weighted by molar-refractivity contribution is 6.13. The molecule has 10 aromatic rings. The van der Waals surface area contributed by atoms with E-state index in [2.05, 4.69) is 176 Å². The van der Waals surface area contributed by atoms with Crippen molar-refractivity contribution in [3.8, 4) is 50.8 Å². The molecule has 10 rings (SSSR count). The third-order valence-corrected chi connectivity index (χ3v) is 11.1. The molecule has 0 atom stereocenters. The summed E-state index contributed by atoms with van der Waals surface area (Å²) in [5.74, 6) is 0. The van der Waals surface area contributed by atoms with E-state index in [1.54, 1.807) is 0 Å². The highest BCUT2D eigenvalue weighted by Crippen LogP contribution is 2.43. The minimum atomic E-state index is 0.621. The molecule has 4 heteroatoms. The van der Waals surface area contributed by atoms with Crippen molar-refractivity contribution in [3.05, 3.63) is 186 Å². The number of benzene rings is 7. The SMILES string of the molecule is Cc1cc(C)cc(-c2ccc3c4ccccc4n(-c4cncc(-n5c6ccccc6c6ccc(-c7cc(C)cc(C)c7)cc65)c4-c4ccc(C#N)cc4)c3c2)c1. The molecular formula is C52H38N4. The molecular weight excluding hydrogens is 681 g/mol. The number of nitriles is 1. The van der Waals surface area contributed by atoms with Gasteiger partial charge in [-0.2, -0.15) is 5.26 Å². The lowest BCUT2D eigenvalue weighted by Gasteiger charge is -2.20. The first-order chi connectivity index (χ1) is 27.3. The average molecular weight is 719 g/mol. The van der Waals surface area contributed by atoms with Gasteiger partial charge < -0.3 is 9.13 Å². The zero-order chi connectivity index (χ0) is 38.1. The molecule has 0 saturated heterocycles. The Morgan fingerprint density at radius 1 is 0.411 bits per heavy atom. The fourth-order valence-corrected chi connectivity index (χ4v) is 8.89. The Labute approximate surface area is 326 Å². The van der Waals surface area contributed by atoms with Crippen molar-refractivity contribution < 1.29 is 0 Å². The fraction of sp³-hybridized carbons (Fsp3) is 0.0769. The fourth-order valence-electron chi connectivity index (χ4n) is 8.89. The third kappa shape index (κ3) is 5.40. The van der Waals surface area contributed by atoms with Crippen LogP contribution in [0.15, 0.2) is 158 Å². The van der Waals surface area contributed by atoms with Crippen LogP contribution in [0.4, 0.5) is 0 Å². The Kier molecular flexibility index (Phi) is 7.73. The summed E-state index contributed by atoms with van der Waals surface area (Å²) in [6.45, 7) is 8.64. The summed E-state index contributed by atoms with van der Waals surface area (Å²) in [7, 11) is 0. The summed E-state index contributed by atoms with van der Waals surface area (Å²) in [5.41, 5.74) is 18.7. The minimum Gasteiger partial charge on any atom is -0.307 e. The second-order valence-electron chi connectivity index (χ2n) is 15.2. The first-order valence-corrected chi connectivity index (χ1v) is 19.1. The number of hydrogen-bond acceptors (Lipinski definition) is 2. The first kappa shape index (κ1) is 33.4. The zero-order valence-electron chi connectivity index (χ0n) is 31.8. The van der Waals surface area contributed by atoms with E-state index in [1.807, 2.05) is 24.5 Å². The standard InChI is InChI=1S/C52H38N4/c1-32-21-33(2)24-40(23-32)38-17-19-44-42-9-5-7-11-46(42)55(48(44)27-38)50-30-54-31-51(52(50)37-15-13-36(29-53)14-16-37)56-47-12-8-6-10-43(47)45-20-18-39(28-49(45)56)41-25-34(3)22-35(4)26-41/h5-28,30-31H,1-4H3. The Morgan fingerprint density at radius 2 is 0.821 bits per heavy atom. The second-order valence-corrected chi connectivity index (χ2v) is 15.2. The summed E-state index contributed by atoms with van der Waals surface area (Å²) < 4.78 is 4.77. The molecule has 4 nitrogen and oxygen atoms in total. The van der Waals surface area contributed by atoms with E-state index in [-0.39, 0.29) is 0 Å². The van der Waals surface area contributed by atoms with Crippen molar-refractivity contribution in [1.82, 2.24) is 14.1 Å². The lowest BCUT2D eigenvalue weighted by Crippen LogP contribution is -2.05. The maximum absolute atomic E-state index is 9.82. The molecule has 7 aromatic carbocycles. The molecule has 0 spiro atoms. The topological polar surface area (TPSA) is 46.5 Å². The summed E-state index contributed by atoms with van der Waals surface area (Å²) in [5, 5.41) is 14.5. The van der Waals surface area contributed by atoms with Crippen LogP contribution in [0, 0.1) is 39.0 Å². The molecule has 266 valence electrons. The molecule has 0 saturated carbocycles. The average Bonchev–Trinajstić information content (AvgIpc) is 3.72. The third-order valence-electron chi connectivity index (χ3n) is 11.1. The van der Waals surface area contributed by atoms with Crippen molar-refractivity contribution in [1.29, 1.82) is 5.26 Å². The van der Waals surface area contributed by atoms with Gasteiger partial charge in [-0.1, -0.05) is 131 Å². The van der Waals surface area contributed by atoms with E-state index in [4.69, 9.17) is 4.98 Å². The van der Waals surface area contributed by atoms with Gasteiger partial charge in [0.1, 0.15) is 0 Å². The number of para-hydroxylation sites is 2. The lowest BCUT2D eigenvalue weighted by molar-refractivity contribution is 1.09. The molecule has 3 aromatic heterocycles. The molecule has 0 aliphatic heterocycles. The van der Waals surface area contributed by atoms with E-state index < -0.39 is 0 Å². The van der Waals surface area contributed by atoms with Gasteiger partial charge in [0.15, 0.2) is 0 Å². The van der Waals surface area contributed by atoms with Crippen molar-refractivity contribution >= 4 is 43.6 Å². The van der Waals surface area contributed by atoms with Crippen LogP contribution in [0.3, 0.4) is 0 Å². The number of fused-ring (bicyclic) bond motifs is 6. The molecule has 0 aliphatic carbocycles. The van der Waals surface area contributed by atoms with Gasteiger partial charge in [-0.05, 0) is 91.9 Å². The van der Waals surface area contributed by atoms with Crippen LogP contribution in [0.2, 0.25) is 0 Å². The summed E-state index contributed by atoms with van der Waals surface area (Å²) >= 11 is 0. The maximum atomic E-state index is 9.82. The highest BCUT2D eigenvalue weighted by atomic mass is 15.0. The Bertz CT molecular complexity index is 3010. The normalized spacial score (nSPS) is 11.6. The molecule has 0 radical (unpaired) electrons. The Hall–Kier alpha value is -7.22. The summed E-state index contributed by atoms with van der Waals surface area (Å²) in [6, 6.07) is 54.8. The van der Waals surface area contributed by atoms with Gasteiger partial charge in [-0.3, -0.25) is 4.98 Å². The minimum absolute atomic E-state index is 0.621. The number of aromatic nitrogens is 3. The van der Waals surface area contributed by atoms with Gasteiger partial charge in [0.05, 0.1) is 57.5 Å². The van der Waals surface area contributed by atoms with Crippen LogP contribution in [-0.4, -0.2) is 14.1 Å². The molecule has 0 bridgehead atoms. The predicted octanol–water partition coefficient (Wildman–Crippen LogP) is 13.4. The van der Waals surface area contributed by atoms with Gasteiger partial charge in [-0.25, -0.2) is 0 Å². The van der Waals surface area contributed by atoms with E-state index in [1.165, 1.54) is 66.1 Å². The van der Waals surface area contributed by atoms with Crippen LogP contribution in [0.5, 0.6) is 0 Å². The number of aryl methyl sites for hydroxylation is 4. The van der Waals surface area contributed by atoms with Crippen LogP contribution in [-0.2, 0) is 0 Å². The van der Waals surface area contributed by atoms with Gasteiger partial charge in [0.2, 0.25) is 0 Å². The van der Waals surface area contributed by atoms with Gasteiger partial charge >= 0.3 is 0 Å². The number of pyridine rings is 1. The molecule has 0 aliphatic rings. The van der Waals surface area contributed by atoms with Crippen molar-refractivity contribution in [3.63, 3.8) is 0 Å². The summed E-state index contributed by atoms with van der Waals surface area (Å²) in [4.78, 5) is 5.06. The van der Waals surface area contributed by atoms with Gasteiger partial charge in [0.25, 0.3) is 0 Å². The molecule has 0 unspecified atom stereocenters. The Balaban J connectivity index is 1.32. The predicted molar refractivity (Wildman–Crippen MR) is 233 cm³/mol. The van der Waals surface area contributed by atoms with Crippen molar-refractivity contribution in [2.24, 2.45) is 0 Å². The Morgan fingerprint density at radius 3 is 1.27 bits per heavy atom. The quantitative estimate of drug-likeness (QED) is 0.178. The van der Waals surface area contributed by atoms with Crippen molar-refractivity contribution in [2.45, 2.75) is 27.7 Å². The van der Waals surface area contributed by atoms with Crippen LogP contribution in [0.1, 0.15) is 27.8 Å². The van der Waals surface area contributed by atoms with Gasteiger partial charge in [0, 0.05) is 27.1 Å². The molecule has 0 N–H and O–H groups in total. The van der Waals surface area contributed by atoms with E-state index in [0.29, 0.717) is 5.56 Å². The van der Waals surface area contributed by atoms with E-state index >= 15 is 0 Å². The van der Waals surface area contributed by atoms with Crippen molar-refractivity contribution in [2.75, 3.05) is 0 Å². The zero-order valence-corrected chi connectivity index (χ0v) is 31.8. The maximum Gasteiger partial charge on any atom is 0.0991 e. The van der Waals surface area contributed by atoms with Crippen LogP contribution >= 0.6 is 0 Å². The molecule has 0 amide bonds. The molecule has 0 fully saturated rings.